The molecule has 0 radical (unpaired) electrons. The van der Waals surface area contributed by atoms with Gasteiger partial charge in [0, 0.05) is 12.6 Å². The summed E-state index contributed by atoms with van der Waals surface area (Å²) in [5.41, 5.74) is 0.526. The third-order valence-corrected chi connectivity index (χ3v) is 4.49. The summed E-state index contributed by atoms with van der Waals surface area (Å²) in [6.07, 6.45) is 2.79. The van der Waals surface area contributed by atoms with E-state index in [9.17, 15) is 13.2 Å². The fraction of sp³-hybridized carbons (Fsp3) is 1.00. The number of nitrogens with one attached hydrogen (secondary N) is 1. The van der Waals surface area contributed by atoms with Crippen LogP contribution in [-0.2, 0) is 0 Å². The van der Waals surface area contributed by atoms with Crippen molar-refractivity contribution in [2.45, 2.75) is 57.7 Å². The van der Waals surface area contributed by atoms with Gasteiger partial charge in [-0.3, -0.25) is 4.90 Å². The molecule has 0 bridgehead atoms. The molecule has 19 heavy (non-hydrogen) atoms. The van der Waals surface area contributed by atoms with Crippen LogP contribution in [0, 0.1) is 5.41 Å². The van der Waals surface area contributed by atoms with Gasteiger partial charge in [-0.15, -0.1) is 0 Å². The summed E-state index contributed by atoms with van der Waals surface area (Å²) in [6.45, 7) is 3.66. The Kier molecular flexibility index (Phi) is 4.77. The fourth-order valence-electron chi connectivity index (χ4n) is 3.13. The Balaban J connectivity index is 1.64. The van der Waals surface area contributed by atoms with Crippen LogP contribution in [0.4, 0.5) is 13.2 Å². The zero-order valence-electron chi connectivity index (χ0n) is 11.7. The summed E-state index contributed by atoms with van der Waals surface area (Å²) >= 11 is 0. The molecule has 2 aliphatic rings. The maximum Gasteiger partial charge on any atom is 0.401 e. The summed E-state index contributed by atoms with van der Waals surface area (Å²) < 4.78 is 36.8. The second-order valence-corrected chi connectivity index (χ2v) is 6.30. The SMILES string of the molecule is CCCC1(CNC2CCN(CC(F)(F)F)CC2)CC1. The lowest BCUT2D eigenvalue weighted by Gasteiger charge is -2.33. The predicted molar refractivity (Wildman–Crippen MR) is 70.1 cm³/mol. The van der Waals surface area contributed by atoms with Gasteiger partial charge in [0.1, 0.15) is 0 Å². The Morgan fingerprint density at radius 2 is 1.84 bits per heavy atom. The average Bonchev–Trinajstić information content (AvgIpc) is 3.07. The van der Waals surface area contributed by atoms with Crippen LogP contribution in [0.15, 0.2) is 0 Å². The minimum absolute atomic E-state index is 0.416. The molecule has 0 amide bonds. The first-order valence-electron chi connectivity index (χ1n) is 7.45. The van der Waals surface area contributed by atoms with Crippen LogP contribution < -0.4 is 5.32 Å². The number of piperidine rings is 1. The topological polar surface area (TPSA) is 15.3 Å². The Morgan fingerprint density at radius 3 is 2.32 bits per heavy atom. The van der Waals surface area contributed by atoms with Gasteiger partial charge in [-0.05, 0) is 50.6 Å². The average molecular weight is 278 g/mol. The lowest BCUT2D eigenvalue weighted by molar-refractivity contribution is -0.148. The van der Waals surface area contributed by atoms with E-state index in [0.717, 1.165) is 19.4 Å². The molecule has 0 unspecified atom stereocenters. The Morgan fingerprint density at radius 1 is 1.21 bits per heavy atom. The normalized spacial score (nSPS) is 24.6. The van der Waals surface area contributed by atoms with Crippen molar-refractivity contribution < 1.29 is 13.2 Å². The highest BCUT2D eigenvalue weighted by Crippen LogP contribution is 2.49. The van der Waals surface area contributed by atoms with Crippen molar-refractivity contribution in [1.82, 2.24) is 10.2 Å². The van der Waals surface area contributed by atoms with E-state index in [1.54, 1.807) is 0 Å². The van der Waals surface area contributed by atoms with Gasteiger partial charge >= 0.3 is 6.18 Å². The molecule has 2 fully saturated rings. The molecule has 5 heteroatoms. The Labute approximate surface area is 113 Å². The van der Waals surface area contributed by atoms with Crippen LogP contribution in [0.3, 0.4) is 0 Å². The summed E-state index contributed by atoms with van der Waals surface area (Å²) in [5.74, 6) is 0. The van der Waals surface area contributed by atoms with Gasteiger partial charge in [0.2, 0.25) is 0 Å². The van der Waals surface area contributed by atoms with Gasteiger partial charge in [-0.2, -0.15) is 13.2 Å². The van der Waals surface area contributed by atoms with Gasteiger partial charge in [0.15, 0.2) is 0 Å². The maximum absolute atomic E-state index is 12.3. The lowest BCUT2D eigenvalue weighted by atomic mass is 9.98. The Hall–Kier alpha value is -0.290. The van der Waals surface area contributed by atoms with Crippen LogP contribution in [-0.4, -0.2) is 43.3 Å². The van der Waals surface area contributed by atoms with E-state index in [1.807, 2.05) is 0 Å². The molecule has 0 spiro atoms. The predicted octanol–water partition coefficient (Wildman–Crippen LogP) is 3.18. The van der Waals surface area contributed by atoms with E-state index in [4.69, 9.17) is 0 Å². The third-order valence-electron chi connectivity index (χ3n) is 4.49. The second-order valence-electron chi connectivity index (χ2n) is 6.30. The minimum Gasteiger partial charge on any atom is -0.313 e. The molecule has 2 nitrogen and oxygen atoms in total. The first kappa shape index (κ1) is 15.1. The highest BCUT2D eigenvalue weighted by molar-refractivity contribution is 4.95. The molecule has 0 aromatic rings. The first-order valence-corrected chi connectivity index (χ1v) is 7.45. The summed E-state index contributed by atoms with van der Waals surface area (Å²) in [5, 5.41) is 3.58. The minimum atomic E-state index is -4.06. The molecule has 2 rings (SSSR count). The third kappa shape index (κ3) is 4.95. The highest BCUT2D eigenvalue weighted by Gasteiger charge is 2.41. The number of hydrogen-bond donors (Lipinski definition) is 1. The van der Waals surface area contributed by atoms with Crippen LogP contribution in [0.5, 0.6) is 0 Å². The smallest absolute Gasteiger partial charge is 0.313 e. The van der Waals surface area contributed by atoms with Crippen molar-refractivity contribution in [2.75, 3.05) is 26.2 Å². The zero-order valence-corrected chi connectivity index (χ0v) is 11.7. The van der Waals surface area contributed by atoms with Gasteiger partial charge in [0.05, 0.1) is 6.54 Å². The standard InChI is InChI=1S/C14H25F3N2/c1-2-5-13(6-7-13)10-18-12-3-8-19(9-4-12)11-14(15,16)17/h12,18H,2-11H2,1H3. The first-order chi connectivity index (χ1) is 8.92. The molecule has 0 atom stereocenters. The number of alkyl halides is 3. The maximum atomic E-state index is 12.3. The number of nitrogens with zero attached hydrogens (tertiary/aromatic N) is 1. The van der Waals surface area contributed by atoms with E-state index < -0.39 is 12.7 Å². The van der Waals surface area contributed by atoms with E-state index in [-0.39, 0.29) is 0 Å². The molecule has 0 aromatic heterocycles. The molecule has 1 aliphatic heterocycles. The van der Waals surface area contributed by atoms with E-state index in [0.29, 0.717) is 24.5 Å². The monoisotopic (exact) mass is 278 g/mol. The molecule has 112 valence electrons. The molecule has 1 N–H and O–H groups in total. The van der Waals surface area contributed by atoms with Crippen molar-refractivity contribution in [3.63, 3.8) is 0 Å². The lowest BCUT2D eigenvalue weighted by Crippen LogP contribution is -2.46. The molecule has 0 aromatic carbocycles. The number of halogens is 3. The molecule has 1 aliphatic carbocycles. The fourth-order valence-corrected chi connectivity index (χ4v) is 3.13. The van der Waals surface area contributed by atoms with Gasteiger partial charge in [-0.25, -0.2) is 0 Å². The van der Waals surface area contributed by atoms with Gasteiger partial charge < -0.3 is 5.32 Å². The molecular weight excluding hydrogens is 253 g/mol. The quantitative estimate of drug-likeness (QED) is 0.802. The second kappa shape index (κ2) is 6.00. The number of hydrogen-bond acceptors (Lipinski definition) is 2. The van der Waals surface area contributed by atoms with Crippen LogP contribution >= 0.6 is 0 Å². The molecule has 1 saturated carbocycles. The van der Waals surface area contributed by atoms with Crippen molar-refractivity contribution in [3.8, 4) is 0 Å². The molecule has 1 heterocycles. The van der Waals surface area contributed by atoms with Gasteiger partial charge in [0.25, 0.3) is 0 Å². The van der Waals surface area contributed by atoms with Crippen molar-refractivity contribution >= 4 is 0 Å². The van der Waals surface area contributed by atoms with Crippen molar-refractivity contribution in [2.24, 2.45) is 5.41 Å². The van der Waals surface area contributed by atoms with Crippen molar-refractivity contribution in [3.05, 3.63) is 0 Å². The van der Waals surface area contributed by atoms with E-state index in [2.05, 4.69) is 12.2 Å². The number of rotatable bonds is 6. The summed E-state index contributed by atoms with van der Waals surface area (Å²) in [6, 6.07) is 0.416. The van der Waals surface area contributed by atoms with E-state index >= 15 is 0 Å². The molecule has 1 saturated heterocycles. The zero-order chi connectivity index (χ0) is 13.9. The Bertz CT molecular complexity index is 279. The number of likely N-dealkylation sites (tertiary alicyclic amines) is 1. The summed E-state index contributed by atoms with van der Waals surface area (Å²) in [4.78, 5) is 1.52. The highest BCUT2D eigenvalue weighted by atomic mass is 19.4. The van der Waals surface area contributed by atoms with Gasteiger partial charge in [-0.1, -0.05) is 13.3 Å². The largest absolute Gasteiger partial charge is 0.401 e. The van der Waals surface area contributed by atoms with Crippen LogP contribution in [0.2, 0.25) is 0 Å². The summed E-state index contributed by atoms with van der Waals surface area (Å²) in [7, 11) is 0. The van der Waals surface area contributed by atoms with E-state index in [1.165, 1.54) is 30.6 Å². The van der Waals surface area contributed by atoms with Crippen molar-refractivity contribution in [1.29, 1.82) is 0 Å². The molecular formula is C14H25F3N2. The van der Waals surface area contributed by atoms with Crippen LogP contribution in [0.1, 0.15) is 45.4 Å². The van der Waals surface area contributed by atoms with Crippen LogP contribution in [0.25, 0.3) is 0 Å².